The number of nitrogens with zero attached hydrogens (tertiary/aromatic N) is 3. The van der Waals surface area contributed by atoms with E-state index in [9.17, 15) is 0 Å². The van der Waals surface area contributed by atoms with Crippen LogP contribution >= 0.6 is 34.3 Å². The molecule has 3 nitrogen and oxygen atoms in total. The molecule has 242 valence electrons. The summed E-state index contributed by atoms with van der Waals surface area (Å²) in [6.45, 7) is 0. The van der Waals surface area contributed by atoms with Crippen LogP contribution in [0.2, 0.25) is 5.15 Å². The third-order valence-corrected chi connectivity index (χ3v) is 13.2. The fourth-order valence-corrected chi connectivity index (χ4v) is 11.0. The first-order valence-electron chi connectivity index (χ1n) is 17.3. The van der Waals surface area contributed by atoms with Gasteiger partial charge < -0.3 is 4.57 Å². The van der Waals surface area contributed by atoms with Gasteiger partial charge in [-0.3, -0.25) is 0 Å². The first-order chi connectivity index (χ1) is 25.7. The summed E-state index contributed by atoms with van der Waals surface area (Å²) in [5.41, 5.74) is 6.78. The predicted molar refractivity (Wildman–Crippen MR) is 225 cm³/mol. The molecule has 8 aromatic carbocycles. The van der Waals surface area contributed by atoms with Crippen molar-refractivity contribution in [3.63, 3.8) is 0 Å². The number of halogens is 1. The Kier molecular flexibility index (Phi) is 5.87. The standard InChI is InChI=1S/C46H24ClN3S2/c47-38-24-48-46-41(49-38)36-23-28(17-22-37(36)51-46)25-13-18-29(19-14-25)50-42-30-9-3-1-7-26(30)15-20-34(42)39-32-11-5-6-12-33(32)40-35-21-16-27-8-2-4-10-31(27)44(35)52-45(40)43(39)50/h1-24H. The fraction of sp³-hybridized carbons (Fsp3) is 0. The monoisotopic (exact) mass is 717 g/mol. The van der Waals surface area contributed by atoms with Gasteiger partial charge in [-0.25, -0.2) is 9.97 Å². The third-order valence-electron chi connectivity index (χ3n) is 10.7. The highest BCUT2D eigenvalue weighted by atomic mass is 35.5. The maximum absolute atomic E-state index is 6.26. The van der Waals surface area contributed by atoms with Gasteiger partial charge in [-0.1, -0.05) is 127 Å². The van der Waals surface area contributed by atoms with Gasteiger partial charge in [-0.15, -0.1) is 22.7 Å². The number of thiophene rings is 2. The summed E-state index contributed by atoms with van der Waals surface area (Å²) in [7, 11) is 0. The largest absolute Gasteiger partial charge is 0.307 e. The van der Waals surface area contributed by atoms with Gasteiger partial charge >= 0.3 is 0 Å². The molecule has 0 radical (unpaired) electrons. The molecule has 0 saturated carbocycles. The van der Waals surface area contributed by atoms with Gasteiger partial charge in [0.15, 0.2) is 0 Å². The Balaban J connectivity index is 1.19. The fourth-order valence-electron chi connectivity index (χ4n) is 8.47. The van der Waals surface area contributed by atoms with Crippen molar-refractivity contribution in [3.8, 4) is 16.8 Å². The number of benzene rings is 8. The summed E-state index contributed by atoms with van der Waals surface area (Å²) in [5.74, 6) is 0. The normalized spacial score (nSPS) is 12.3. The molecule has 0 aliphatic rings. The SMILES string of the molecule is Clc1cnc2sc3ccc(-c4ccc(-n5c6c7ccccc7ccc6c6c7ccccc7c7c8ccc9ccccc9c8sc7c65)cc4)cc3c2n1. The summed E-state index contributed by atoms with van der Waals surface area (Å²) in [6.07, 6.45) is 1.62. The smallest absolute Gasteiger partial charge is 0.148 e. The average molecular weight is 718 g/mol. The first-order valence-corrected chi connectivity index (χ1v) is 19.3. The van der Waals surface area contributed by atoms with Crippen molar-refractivity contribution < 1.29 is 0 Å². The summed E-state index contributed by atoms with van der Waals surface area (Å²) in [4.78, 5) is 10.0. The van der Waals surface area contributed by atoms with Gasteiger partial charge in [0, 0.05) is 47.4 Å². The van der Waals surface area contributed by atoms with E-state index in [1.54, 1.807) is 17.5 Å². The molecule has 0 fully saturated rings. The lowest BCUT2D eigenvalue weighted by atomic mass is 9.97. The van der Waals surface area contributed by atoms with Crippen LogP contribution in [-0.2, 0) is 0 Å². The molecule has 0 unspecified atom stereocenters. The number of rotatable bonds is 2. The summed E-state index contributed by atoms with van der Waals surface area (Å²) < 4.78 is 6.35. The zero-order chi connectivity index (χ0) is 34.1. The molecule has 0 saturated heterocycles. The van der Waals surface area contributed by atoms with Crippen LogP contribution in [0.5, 0.6) is 0 Å². The molecule has 4 aromatic heterocycles. The highest BCUT2D eigenvalue weighted by Gasteiger charge is 2.23. The lowest BCUT2D eigenvalue weighted by molar-refractivity contribution is 1.19. The van der Waals surface area contributed by atoms with Crippen molar-refractivity contribution in [2.75, 3.05) is 0 Å². The van der Waals surface area contributed by atoms with Crippen LogP contribution in [0.1, 0.15) is 0 Å². The highest BCUT2D eigenvalue weighted by Crippen LogP contribution is 2.50. The Labute approximate surface area is 309 Å². The summed E-state index contributed by atoms with van der Waals surface area (Å²) in [5, 5.41) is 14.4. The zero-order valence-electron chi connectivity index (χ0n) is 27.4. The molecule has 0 spiro atoms. The Morgan fingerprint density at radius 2 is 1.17 bits per heavy atom. The molecule has 6 heteroatoms. The van der Waals surface area contributed by atoms with Gasteiger partial charge in [-0.05, 0) is 62.3 Å². The molecule has 0 amide bonds. The number of fused-ring (bicyclic) bond motifs is 17. The molecule has 0 aliphatic carbocycles. The molecule has 4 heterocycles. The van der Waals surface area contributed by atoms with E-state index < -0.39 is 0 Å². The van der Waals surface area contributed by atoms with Gasteiger partial charge in [-0.2, -0.15) is 0 Å². The van der Waals surface area contributed by atoms with Crippen molar-refractivity contribution in [1.82, 2.24) is 14.5 Å². The van der Waals surface area contributed by atoms with Gasteiger partial charge in [0.05, 0.1) is 21.9 Å². The van der Waals surface area contributed by atoms with Gasteiger partial charge in [0.25, 0.3) is 0 Å². The van der Waals surface area contributed by atoms with Crippen molar-refractivity contribution in [2.24, 2.45) is 0 Å². The van der Waals surface area contributed by atoms with Gasteiger partial charge in [0.2, 0.25) is 0 Å². The topological polar surface area (TPSA) is 30.7 Å². The lowest BCUT2D eigenvalue weighted by Gasteiger charge is -2.12. The Hall–Kier alpha value is -5.85. The Morgan fingerprint density at radius 1 is 0.500 bits per heavy atom. The Morgan fingerprint density at radius 3 is 1.98 bits per heavy atom. The van der Waals surface area contributed by atoms with Crippen LogP contribution in [-0.4, -0.2) is 14.5 Å². The predicted octanol–water partition coefficient (Wildman–Crippen LogP) is 14.1. The van der Waals surface area contributed by atoms with Crippen LogP contribution in [0, 0.1) is 0 Å². The molecule has 0 bridgehead atoms. The van der Waals surface area contributed by atoms with Crippen molar-refractivity contribution >= 4 is 129 Å². The molecule has 0 N–H and O–H groups in total. The maximum atomic E-state index is 6.26. The minimum Gasteiger partial charge on any atom is -0.307 e. The van der Waals surface area contributed by atoms with E-state index in [2.05, 4.69) is 154 Å². The molecule has 52 heavy (non-hydrogen) atoms. The van der Waals surface area contributed by atoms with E-state index in [0.29, 0.717) is 5.15 Å². The van der Waals surface area contributed by atoms with E-state index >= 15 is 0 Å². The van der Waals surface area contributed by atoms with Crippen molar-refractivity contribution in [1.29, 1.82) is 0 Å². The highest BCUT2D eigenvalue weighted by molar-refractivity contribution is 7.27. The minimum atomic E-state index is 0.411. The third kappa shape index (κ3) is 3.90. The van der Waals surface area contributed by atoms with Crippen LogP contribution in [0.4, 0.5) is 0 Å². The second-order valence-corrected chi connectivity index (χ2v) is 15.9. The van der Waals surface area contributed by atoms with E-state index in [1.807, 2.05) is 11.3 Å². The zero-order valence-corrected chi connectivity index (χ0v) is 29.8. The van der Waals surface area contributed by atoms with Gasteiger partial charge in [0.1, 0.15) is 15.5 Å². The van der Waals surface area contributed by atoms with E-state index in [0.717, 1.165) is 37.2 Å². The number of aromatic nitrogens is 3. The molecular formula is C46H24ClN3S2. The van der Waals surface area contributed by atoms with Crippen LogP contribution in [0.15, 0.2) is 146 Å². The van der Waals surface area contributed by atoms with Crippen molar-refractivity contribution in [3.05, 3.63) is 151 Å². The molecule has 0 atom stereocenters. The number of hydrogen-bond donors (Lipinski definition) is 0. The molecule has 12 aromatic rings. The second kappa shape index (κ2) is 10.6. The lowest BCUT2D eigenvalue weighted by Crippen LogP contribution is -1.95. The second-order valence-electron chi connectivity index (χ2n) is 13.5. The summed E-state index contributed by atoms with van der Waals surface area (Å²) in [6, 6.07) is 51.4. The van der Waals surface area contributed by atoms with E-state index in [4.69, 9.17) is 11.6 Å². The molecule has 0 aliphatic heterocycles. The molecular weight excluding hydrogens is 694 g/mol. The van der Waals surface area contributed by atoms with Crippen LogP contribution < -0.4 is 0 Å². The Bertz CT molecular complexity index is 3480. The molecule has 12 rings (SSSR count). The van der Waals surface area contributed by atoms with E-state index in [1.165, 1.54) is 74.3 Å². The van der Waals surface area contributed by atoms with Crippen LogP contribution in [0.25, 0.3) is 112 Å². The first kappa shape index (κ1) is 28.8. The van der Waals surface area contributed by atoms with Crippen molar-refractivity contribution in [2.45, 2.75) is 0 Å². The number of hydrogen-bond acceptors (Lipinski definition) is 4. The quantitative estimate of drug-likeness (QED) is 0.178. The van der Waals surface area contributed by atoms with Crippen LogP contribution in [0.3, 0.4) is 0 Å². The minimum absolute atomic E-state index is 0.411. The average Bonchev–Trinajstić information content (AvgIpc) is 3.88. The summed E-state index contributed by atoms with van der Waals surface area (Å²) >= 11 is 9.84. The van der Waals surface area contributed by atoms with E-state index in [-0.39, 0.29) is 0 Å². The maximum Gasteiger partial charge on any atom is 0.148 e.